The van der Waals surface area contributed by atoms with E-state index in [2.05, 4.69) is 15.9 Å². The molecule has 0 bridgehead atoms. The van der Waals surface area contributed by atoms with E-state index in [9.17, 15) is 13.6 Å². The number of carbonyl (C=O) groups is 1. The summed E-state index contributed by atoms with van der Waals surface area (Å²) in [5, 5.41) is 0. The van der Waals surface area contributed by atoms with Gasteiger partial charge in [-0.1, -0.05) is 6.07 Å². The molecule has 0 N–H and O–H groups in total. The number of methoxy groups -OCH3 is 2. The van der Waals surface area contributed by atoms with Crippen LogP contribution in [0.4, 0.5) is 8.78 Å². The van der Waals surface area contributed by atoms with E-state index in [1.165, 1.54) is 32.4 Å². The first-order valence-corrected chi connectivity index (χ1v) is 6.69. The third-order valence-corrected chi connectivity index (χ3v) is 3.53. The normalized spacial score (nSPS) is 10.3. The molecule has 0 atom stereocenters. The van der Waals surface area contributed by atoms with Gasteiger partial charge in [-0.3, -0.25) is 4.79 Å². The number of ether oxygens (including phenoxy) is 2. The summed E-state index contributed by atoms with van der Waals surface area (Å²) in [6.45, 7) is 0. The molecule has 2 aromatic carbocycles. The van der Waals surface area contributed by atoms with Crippen molar-refractivity contribution in [3.63, 3.8) is 0 Å². The maximum absolute atomic E-state index is 13.8. The van der Waals surface area contributed by atoms with Gasteiger partial charge in [-0.25, -0.2) is 8.78 Å². The van der Waals surface area contributed by atoms with Crippen LogP contribution in [0, 0.1) is 11.6 Å². The lowest BCUT2D eigenvalue weighted by molar-refractivity contribution is 0.103. The monoisotopic (exact) mass is 356 g/mol. The Balaban J connectivity index is 2.60. The molecular formula is C15H11BrF2O3. The molecule has 0 aliphatic heterocycles. The molecule has 3 nitrogen and oxygen atoms in total. The molecule has 0 heterocycles. The Morgan fingerprint density at radius 3 is 2.48 bits per heavy atom. The smallest absolute Gasteiger partial charge is 0.200 e. The zero-order chi connectivity index (χ0) is 15.6. The first-order valence-electron chi connectivity index (χ1n) is 5.89. The Labute approximate surface area is 128 Å². The molecular weight excluding hydrogens is 346 g/mol. The van der Waals surface area contributed by atoms with Gasteiger partial charge in [-0.15, -0.1) is 0 Å². The van der Waals surface area contributed by atoms with Gasteiger partial charge in [0.25, 0.3) is 0 Å². The van der Waals surface area contributed by atoms with Gasteiger partial charge in [0.1, 0.15) is 11.5 Å². The van der Waals surface area contributed by atoms with E-state index in [0.717, 1.165) is 6.07 Å². The number of benzene rings is 2. The average Bonchev–Trinajstić information content (AvgIpc) is 2.48. The van der Waals surface area contributed by atoms with Gasteiger partial charge < -0.3 is 9.47 Å². The molecule has 0 saturated heterocycles. The largest absolute Gasteiger partial charge is 0.497 e. The average molecular weight is 357 g/mol. The minimum absolute atomic E-state index is 0.0998. The number of ketones is 1. The van der Waals surface area contributed by atoms with E-state index < -0.39 is 17.4 Å². The Morgan fingerprint density at radius 1 is 1.14 bits per heavy atom. The van der Waals surface area contributed by atoms with Crippen molar-refractivity contribution in [3.05, 3.63) is 57.6 Å². The molecule has 0 fully saturated rings. The first kappa shape index (κ1) is 15.4. The molecule has 0 unspecified atom stereocenters. The van der Waals surface area contributed by atoms with Gasteiger partial charge in [0.05, 0.1) is 25.3 Å². The SMILES string of the molecule is COc1cc(Br)c(C(=O)c2cccc(F)c2F)c(OC)c1. The second-order valence-corrected chi connectivity index (χ2v) is 4.97. The van der Waals surface area contributed by atoms with Crippen molar-refractivity contribution >= 4 is 21.7 Å². The van der Waals surface area contributed by atoms with E-state index >= 15 is 0 Å². The number of hydrogen-bond acceptors (Lipinski definition) is 3. The van der Waals surface area contributed by atoms with Crippen molar-refractivity contribution in [2.24, 2.45) is 0 Å². The van der Waals surface area contributed by atoms with Crippen molar-refractivity contribution < 1.29 is 23.0 Å². The zero-order valence-electron chi connectivity index (χ0n) is 11.2. The fraction of sp³-hybridized carbons (Fsp3) is 0.133. The topological polar surface area (TPSA) is 35.5 Å². The van der Waals surface area contributed by atoms with Crippen molar-refractivity contribution in [1.29, 1.82) is 0 Å². The minimum Gasteiger partial charge on any atom is -0.497 e. The Kier molecular flexibility index (Phi) is 4.57. The predicted molar refractivity (Wildman–Crippen MR) is 77.0 cm³/mol. The molecule has 0 aliphatic carbocycles. The number of hydrogen-bond donors (Lipinski definition) is 0. The lowest BCUT2D eigenvalue weighted by atomic mass is 10.0. The Morgan fingerprint density at radius 2 is 1.86 bits per heavy atom. The fourth-order valence-electron chi connectivity index (χ4n) is 1.87. The van der Waals surface area contributed by atoms with Crippen LogP contribution in [0.2, 0.25) is 0 Å². The van der Waals surface area contributed by atoms with Crippen LogP contribution in [0.3, 0.4) is 0 Å². The highest BCUT2D eigenvalue weighted by molar-refractivity contribution is 9.10. The van der Waals surface area contributed by atoms with Crippen LogP contribution in [-0.4, -0.2) is 20.0 Å². The van der Waals surface area contributed by atoms with Crippen LogP contribution in [0.5, 0.6) is 11.5 Å². The highest BCUT2D eigenvalue weighted by Gasteiger charge is 2.23. The van der Waals surface area contributed by atoms with Crippen molar-refractivity contribution in [2.75, 3.05) is 14.2 Å². The summed E-state index contributed by atoms with van der Waals surface area (Å²) in [4.78, 5) is 12.5. The van der Waals surface area contributed by atoms with Crippen LogP contribution in [0.25, 0.3) is 0 Å². The van der Waals surface area contributed by atoms with Crippen LogP contribution in [0.1, 0.15) is 15.9 Å². The first-order chi connectivity index (χ1) is 9.99. The van der Waals surface area contributed by atoms with Crippen LogP contribution in [-0.2, 0) is 0 Å². The molecule has 21 heavy (non-hydrogen) atoms. The minimum atomic E-state index is -1.19. The van der Waals surface area contributed by atoms with Gasteiger partial charge in [0.15, 0.2) is 11.6 Å². The second kappa shape index (κ2) is 6.22. The maximum Gasteiger partial charge on any atom is 0.200 e. The molecule has 2 aromatic rings. The van der Waals surface area contributed by atoms with Crippen molar-refractivity contribution in [1.82, 2.24) is 0 Å². The summed E-state index contributed by atoms with van der Waals surface area (Å²) in [5.74, 6) is -2.28. The summed E-state index contributed by atoms with van der Waals surface area (Å²) in [5.41, 5.74) is -0.262. The van der Waals surface area contributed by atoms with E-state index in [1.807, 2.05) is 0 Å². The maximum atomic E-state index is 13.8. The van der Waals surface area contributed by atoms with E-state index in [0.29, 0.717) is 10.2 Å². The number of carbonyl (C=O) groups excluding carboxylic acids is 1. The third kappa shape index (κ3) is 2.90. The van der Waals surface area contributed by atoms with Gasteiger partial charge >= 0.3 is 0 Å². The number of rotatable bonds is 4. The molecule has 110 valence electrons. The lowest BCUT2D eigenvalue weighted by Crippen LogP contribution is -2.09. The molecule has 0 spiro atoms. The number of halogens is 3. The lowest BCUT2D eigenvalue weighted by Gasteiger charge is -2.12. The molecule has 0 saturated carbocycles. The van der Waals surface area contributed by atoms with Crippen molar-refractivity contribution in [2.45, 2.75) is 0 Å². The third-order valence-electron chi connectivity index (χ3n) is 2.91. The molecule has 6 heteroatoms. The summed E-state index contributed by atoms with van der Waals surface area (Å²) in [6.07, 6.45) is 0. The summed E-state index contributed by atoms with van der Waals surface area (Å²) in [7, 11) is 2.84. The Hall–Kier alpha value is -1.95. The Bertz CT molecular complexity index is 702. The molecule has 2 rings (SSSR count). The second-order valence-electron chi connectivity index (χ2n) is 4.12. The molecule has 0 aromatic heterocycles. The van der Waals surface area contributed by atoms with Gasteiger partial charge in [0.2, 0.25) is 5.78 Å². The summed E-state index contributed by atoms with van der Waals surface area (Å²) >= 11 is 3.22. The van der Waals surface area contributed by atoms with Gasteiger partial charge in [-0.05, 0) is 34.1 Å². The predicted octanol–water partition coefficient (Wildman–Crippen LogP) is 3.98. The standard InChI is InChI=1S/C15H11BrF2O3/c1-20-8-6-10(16)13(12(7-8)21-2)15(19)9-4-3-5-11(17)14(9)18/h3-7H,1-2H3. The van der Waals surface area contributed by atoms with Crippen LogP contribution < -0.4 is 9.47 Å². The summed E-state index contributed by atoms with van der Waals surface area (Å²) < 4.78 is 37.6. The highest BCUT2D eigenvalue weighted by Crippen LogP contribution is 2.34. The zero-order valence-corrected chi connectivity index (χ0v) is 12.8. The van der Waals surface area contributed by atoms with Crippen LogP contribution in [0.15, 0.2) is 34.8 Å². The van der Waals surface area contributed by atoms with E-state index in [4.69, 9.17) is 9.47 Å². The van der Waals surface area contributed by atoms with E-state index in [1.54, 1.807) is 6.07 Å². The summed E-state index contributed by atoms with van der Waals surface area (Å²) in [6, 6.07) is 6.49. The molecule has 0 amide bonds. The fourth-order valence-corrected chi connectivity index (χ4v) is 2.47. The van der Waals surface area contributed by atoms with Crippen LogP contribution >= 0.6 is 15.9 Å². The van der Waals surface area contributed by atoms with Gasteiger partial charge in [-0.2, -0.15) is 0 Å². The van der Waals surface area contributed by atoms with Gasteiger partial charge in [0, 0.05) is 10.5 Å². The quantitative estimate of drug-likeness (QED) is 0.777. The highest BCUT2D eigenvalue weighted by atomic mass is 79.9. The molecule has 0 aliphatic rings. The van der Waals surface area contributed by atoms with Crippen molar-refractivity contribution in [3.8, 4) is 11.5 Å². The van der Waals surface area contributed by atoms with E-state index in [-0.39, 0.29) is 16.9 Å². The molecule has 0 radical (unpaired) electrons.